The van der Waals surface area contributed by atoms with E-state index >= 15 is 0 Å². The summed E-state index contributed by atoms with van der Waals surface area (Å²) < 4.78 is 24.5. The second-order valence-electron chi connectivity index (χ2n) is 7.37. The van der Waals surface area contributed by atoms with E-state index in [2.05, 4.69) is 4.98 Å². The van der Waals surface area contributed by atoms with Crippen LogP contribution in [0, 0.1) is 18.3 Å². The quantitative estimate of drug-likeness (QED) is 0.338. The first-order valence-electron chi connectivity index (χ1n) is 10.1. The average molecular weight is 550 g/mol. The molecule has 0 bridgehead atoms. The lowest BCUT2D eigenvalue weighted by atomic mass is 10.2. The Labute approximate surface area is 210 Å². The number of H-pyrrole nitrogens is 1. The molecule has 2 heterocycles. The number of nitriles is 1. The Bertz CT molecular complexity index is 1230. The van der Waals surface area contributed by atoms with Crippen LogP contribution >= 0.6 is 29.9 Å². The maximum atomic E-state index is 12.3. The summed E-state index contributed by atoms with van der Waals surface area (Å²) in [6.07, 6.45) is -0.885. The van der Waals surface area contributed by atoms with Crippen molar-refractivity contribution in [3.05, 3.63) is 66.4 Å². The number of nitrogens with one attached hydrogen (secondary N) is 1. The highest BCUT2D eigenvalue weighted by molar-refractivity contribution is 8.07. The minimum atomic E-state index is -3.44. The predicted octanol–water partition coefficient (Wildman–Crippen LogP) is 3.19. The molecule has 1 aromatic carbocycles. The first-order valence-corrected chi connectivity index (χ1v) is 13.4. The smallest absolute Gasteiger partial charge is 0.330 e. The van der Waals surface area contributed by atoms with Gasteiger partial charge in [-0.2, -0.15) is 5.26 Å². The summed E-state index contributed by atoms with van der Waals surface area (Å²) in [7, 11) is 0. The molecule has 34 heavy (non-hydrogen) atoms. The zero-order valence-corrected chi connectivity index (χ0v) is 21.2. The molecule has 2 aromatic rings. The molecule has 4 atom stereocenters. The van der Waals surface area contributed by atoms with Crippen LogP contribution in [-0.4, -0.2) is 40.1 Å². The average Bonchev–Trinajstić information content (AvgIpc) is 3.18. The third-order valence-electron chi connectivity index (χ3n) is 4.94. The number of hydrogen-bond acceptors (Lipinski definition) is 9. The normalized spacial score (nSPS) is 21.8. The van der Waals surface area contributed by atoms with Gasteiger partial charge in [-0.15, -0.1) is 0 Å². The molecular formula is C20H22Cl2N3O7PS. The van der Waals surface area contributed by atoms with E-state index in [1.165, 1.54) is 10.8 Å². The molecule has 3 rings (SSSR count). The number of ether oxygens (including phenoxy) is 1. The van der Waals surface area contributed by atoms with Gasteiger partial charge >= 0.3 is 12.4 Å². The van der Waals surface area contributed by atoms with E-state index in [-0.39, 0.29) is 26.1 Å². The van der Waals surface area contributed by atoms with Crippen molar-refractivity contribution in [2.75, 3.05) is 13.2 Å². The van der Waals surface area contributed by atoms with Crippen LogP contribution in [0.2, 0.25) is 10.0 Å². The maximum Gasteiger partial charge on any atom is 0.330 e. The Morgan fingerprint density at radius 1 is 1.38 bits per heavy atom. The van der Waals surface area contributed by atoms with Crippen molar-refractivity contribution in [2.45, 2.75) is 44.8 Å². The minimum Gasteiger partial charge on any atom is -0.394 e. The van der Waals surface area contributed by atoms with Gasteiger partial charge in [-0.3, -0.25) is 14.3 Å². The lowest BCUT2D eigenvalue weighted by molar-refractivity contribution is -0.0452. The molecule has 1 aliphatic rings. The number of halogens is 2. The van der Waals surface area contributed by atoms with Crippen molar-refractivity contribution in [2.24, 2.45) is 0 Å². The molecule has 1 aliphatic heterocycles. The lowest BCUT2D eigenvalue weighted by Crippen LogP contribution is -2.33. The molecule has 0 spiro atoms. The SMILES string of the molecule is Cc1cn([C@H]2C[C@H](O[P@](=S)(OCCC#N)OCc3ccc(Cl)cc3Cl)[C@@H](CO)O2)c(=O)[nH]c1=O. The fourth-order valence-electron chi connectivity index (χ4n) is 3.20. The number of hydrogen-bond donors (Lipinski definition) is 2. The molecule has 0 unspecified atom stereocenters. The van der Waals surface area contributed by atoms with Gasteiger partial charge in [0.1, 0.15) is 12.3 Å². The van der Waals surface area contributed by atoms with Gasteiger partial charge in [-0.05, 0) is 36.4 Å². The number of rotatable bonds is 10. The summed E-state index contributed by atoms with van der Waals surface area (Å²) in [4.78, 5) is 26.2. The largest absolute Gasteiger partial charge is 0.394 e. The van der Waals surface area contributed by atoms with Crippen molar-refractivity contribution >= 4 is 41.7 Å². The highest BCUT2D eigenvalue weighted by Gasteiger charge is 2.41. The zero-order chi connectivity index (χ0) is 24.9. The predicted molar refractivity (Wildman–Crippen MR) is 128 cm³/mol. The van der Waals surface area contributed by atoms with Crippen molar-refractivity contribution in [1.82, 2.24) is 9.55 Å². The number of aromatic nitrogens is 2. The van der Waals surface area contributed by atoms with Crippen molar-refractivity contribution in [3.8, 4) is 6.07 Å². The Hall–Kier alpha value is -1.58. The van der Waals surface area contributed by atoms with Crippen LogP contribution in [0.5, 0.6) is 0 Å². The second-order valence-corrected chi connectivity index (χ2v) is 11.2. The molecule has 1 aromatic heterocycles. The zero-order valence-electron chi connectivity index (χ0n) is 18.0. The first kappa shape index (κ1) is 27.0. The molecule has 10 nitrogen and oxygen atoms in total. The number of aryl methyl sites for hydroxylation is 1. The van der Waals surface area contributed by atoms with Gasteiger partial charge in [0, 0.05) is 28.2 Å². The Balaban J connectivity index is 1.79. The Morgan fingerprint density at radius 2 is 2.15 bits per heavy atom. The highest BCUT2D eigenvalue weighted by atomic mass is 35.5. The summed E-state index contributed by atoms with van der Waals surface area (Å²) in [5.41, 5.74) is -0.235. The highest BCUT2D eigenvalue weighted by Crippen LogP contribution is 2.54. The fraction of sp³-hybridized carbons (Fsp3) is 0.450. The van der Waals surface area contributed by atoms with Crippen LogP contribution in [0.25, 0.3) is 0 Å². The van der Waals surface area contributed by atoms with Crippen LogP contribution in [0.3, 0.4) is 0 Å². The number of nitrogens with zero attached hydrogens (tertiary/aromatic N) is 2. The van der Waals surface area contributed by atoms with E-state index in [0.29, 0.717) is 21.2 Å². The standard InChI is InChI=1S/C20H22Cl2N3O7PS/c1-12-9-25(20(28)24-19(12)27)18-8-16(17(10-26)31-18)32-33(34,29-6-2-5-23)30-11-13-3-4-14(21)7-15(13)22/h3-4,7,9,16-18,26H,2,6,8,10-11H2,1H3,(H,24,27,28)/t16-,17+,18+,33-/m0/s1. The number of aromatic amines is 1. The van der Waals surface area contributed by atoms with Crippen molar-refractivity contribution in [3.63, 3.8) is 0 Å². The minimum absolute atomic E-state index is 0.0263. The maximum absolute atomic E-state index is 12.3. The van der Waals surface area contributed by atoms with Crippen LogP contribution < -0.4 is 11.2 Å². The molecule has 14 heteroatoms. The summed E-state index contributed by atoms with van der Waals surface area (Å²) >= 11 is 17.7. The topological polar surface area (TPSA) is 136 Å². The summed E-state index contributed by atoms with van der Waals surface area (Å²) in [5.74, 6) is 0. The van der Waals surface area contributed by atoms with Gasteiger partial charge in [-0.1, -0.05) is 29.3 Å². The van der Waals surface area contributed by atoms with Gasteiger partial charge < -0.3 is 23.4 Å². The van der Waals surface area contributed by atoms with Gasteiger partial charge in [0.05, 0.1) is 38.4 Å². The summed E-state index contributed by atoms with van der Waals surface area (Å²) in [6, 6.07) is 6.84. The van der Waals surface area contributed by atoms with Crippen LogP contribution in [0.1, 0.15) is 30.2 Å². The number of benzene rings is 1. The molecule has 2 N–H and O–H groups in total. The molecule has 0 radical (unpaired) electrons. The molecule has 0 aliphatic carbocycles. The van der Waals surface area contributed by atoms with E-state index in [1.807, 2.05) is 6.07 Å². The third-order valence-corrected chi connectivity index (χ3v) is 7.89. The van der Waals surface area contributed by atoms with Gasteiger partial charge in [0.25, 0.3) is 5.56 Å². The molecule has 1 fully saturated rings. The van der Waals surface area contributed by atoms with Crippen molar-refractivity contribution in [1.29, 1.82) is 5.26 Å². The van der Waals surface area contributed by atoms with E-state index in [0.717, 1.165) is 0 Å². The Morgan fingerprint density at radius 3 is 2.82 bits per heavy atom. The van der Waals surface area contributed by atoms with Gasteiger partial charge in [-0.25, -0.2) is 4.79 Å². The second kappa shape index (κ2) is 11.9. The molecule has 0 saturated carbocycles. The lowest BCUT2D eigenvalue weighted by Gasteiger charge is -2.26. The molecule has 0 amide bonds. The number of aliphatic hydroxyl groups excluding tert-OH is 1. The monoisotopic (exact) mass is 549 g/mol. The third kappa shape index (κ3) is 6.76. The summed E-state index contributed by atoms with van der Waals surface area (Å²) in [6.45, 7) is -2.37. The molecule has 1 saturated heterocycles. The Kier molecular flexibility index (Phi) is 9.46. The van der Waals surface area contributed by atoms with E-state index in [4.69, 9.17) is 58.6 Å². The van der Waals surface area contributed by atoms with Gasteiger partial charge in [0.15, 0.2) is 0 Å². The van der Waals surface area contributed by atoms with E-state index in [9.17, 15) is 14.7 Å². The summed E-state index contributed by atoms with van der Waals surface area (Å²) in [5, 5.41) is 19.5. The van der Waals surface area contributed by atoms with Gasteiger partial charge in [0.2, 0.25) is 0 Å². The molecule has 184 valence electrons. The first-order chi connectivity index (χ1) is 16.2. The molecular weight excluding hydrogens is 528 g/mol. The number of aliphatic hydroxyl groups is 1. The van der Waals surface area contributed by atoms with Crippen molar-refractivity contribution < 1.29 is 23.4 Å². The van der Waals surface area contributed by atoms with Crippen LogP contribution in [0.15, 0.2) is 34.0 Å². The van der Waals surface area contributed by atoms with E-state index < -0.39 is 43.0 Å². The van der Waals surface area contributed by atoms with Crippen LogP contribution in [0.4, 0.5) is 0 Å². The van der Waals surface area contributed by atoms with E-state index in [1.54, 1.807) is 25.1 Å². The van der Waals surface area contributed by atoms with Crippen LogP contribution in [-0.2, 0) is 36.7 Å². The fourth-order valence-corrected chi connectivity index (χ4v) is 5.74.